The zero-order valence-corrected chi connectivity index (χ0v) is 10.4. The van der Waals surface area contributed by atoms with E-state index in [2.05, 4.69) is 15.3 Å². The first-order valence-electron chi connectivity index (χ1n) is 5.37. The van der Waals surface area contributed by atoms with Crippen molar-refractivity contribution in [1.82, 2.24) is 19.8 Å². The van der Waals surface area contributed by atoms with Crippen molar-refractivity contribution in [3.63, 3.8) is 0 Å². The van der Waals surface area contributed by atoms with Crippen LogP contribution in [-0.2, 0) is 0 Å². The van der Waals surface area contributed by atoms with Gasteiger partial charge in [0.2, 0.25) is 4.77 Å². The van der Waals surface area contributed by atoms with Gasteiger partial charge in [0.05, 0.1) is 12.8 Å². The van der Waals surface area contributed by atoms with Gasteiger partial charge in [0.25, 0.3) is 0 Å². The molecule has 0 radical (unpaired) electrons. The van der Waals surface area contributed by atoms with Crippen molar-refractivity contribution in [3.05, 3.63) is 41.2 Å². The second-order valence-corrected chi connectivity index (χ2v) is 4.14. The highest BCUT2D eigenvalue weighted by Crippen LogP contribution is 2.21. The van der Waals surface area contributed by atoms with Gasteiger partial charge in [0.15, 0.2) is 5.65 Å². The summed E-state index contributed by atoms with van der Waals surface area (Å²) in [4.78, 5) is 0. The summed E-state index contributed by atoms with van der Waals surface area (Å²) in [7, 11) is 1.64. The van der Waals surface area contributed by atoms with Gasteiger partial charge in [0, 0.05) is 5.56 Å². The van der Waals surface area contributed by atoms with Crippen LogP contribution >= 0.6 is 12.2 Å². The van der Waals surface area contributed by atoms with Crippen LogP contribution in [0.5, 0.6) is 5.75 Å². The minimum absolute atomic E-state index is 0.481. The first kappa shape index (κ1) is 10.9. The van der Waals surface area contributed by atoms with E-state index < -0.39 is 0 Å². The number of hydrogen-bond donors (Lipinski definition) is 1. The molecular formula is C12H10N4OS. The molecule has 1 aromatic carbocycles. The number of fused-ring (bicyclic) bond motifs is 1. The van der Waals surface area contributed by atoms with Gasteiger partial charge in [0.1, 0.15) is 5.75 Å². The third-order valence-electron chi connectivity index (χ3n) is 2.64. The fraction of sp³-hybridized carbons (Fsp3) is 0.0833. The van der Waals surface area contributed by atoms with Crippen molar-refractivity contribution in [2.75, 3.05) is 7.11 Å². The van der Waals surface area contributed by atoms with Crippen LogP contribution in [0.1, 0.15) is 0 Å². The molecule has 0 spiro atoms. The van der Waals surface area contributed by atoms with Crippen molar-refractivity contribution in [2.45, 2.75) is 0 Å². The Morgan fingerprint density at radius 1 is 1.28 bits per heavy atom. The molecule has 0 atom stereocenters. The van der Waals surface area contributed by atoms with Crippen molar-refractivity contribution >= 4 is 17.9 Å². The molecule has 0 saturated carbocycles. The lowest BCUT2D eigenvalue weighted by Crippen LogP contribution is -1.94. The van der Waals surface area contributed by atoms with E-state index in [1.54, 1.807) is 11.6 Å². The van der Waals surface area contributed by atoms with Crippen molar-refractivity contribution < 1.29 is 4.74 Å². The molecule has 2 heterocycles. The average Bonchev–Trinajstić information content (AvgIpc) is 2.80. The Bertz CT molecular complexity index is 762. The lowest BCUT2D eigenvalue weighted by atomic mass is 10.1. The molecule has 0 aliphatic carbocycles. The number of nitrogens with zero attached hydrogens (tertiary/aromatic N) is 3. The lowest BCUT2D eigenvalue weighted by Gasteiger charge is -2.04. The molecule has 3 rings (SSSR count). The number of methoxy groups -OCH3 is 1. The van der Waals surface area contributed by atoms with Crippen molar-refractivity contribution in [1.29, 1.82) is 0 Å². The minimum atomic E-state index is 0.481. The predicted octanol–water partition coefficient (Wildman–Crippen LogP) is 2.46. The molecule has 90 valence electrons. The van der Waals surface area contributed by atoms with Crippen LogP contribution in [0.4, 0.5) is 0 Å². The zero-order chi connectivity index (χ0) is 12.5. The number of ether oxygens (including phenoxy) is 1. The van der Waals surface area contributed by atoms with E-state index in [0.29, 0.717) is 10.4 Å². The molecular weight excluding hydrogens is 248 g/mol. The maximum Gasteiger partial charge on any atom is 0.216 e. The largest absolute Gasteiger partial charge is 0.497 e. The second-order valence-electron chi connectivity index (χ2n) is 3.75. The van der Waals surface area contributed by atoms with Gasteiger partial charge in [-0.05, 0) is 36.5 Å². The van der Waals surface area contributed by atoms with Crippen LogP contribution < -0.4 is 4.74 Å². The zero-order valence-electron chi connectivity index (χ0n) is 9.62. The molecule has 18 heavy (non-hydrogen) atoms. The standard InChI is InChI=1S/C12H10N4OS/c1-17-9-4-2-3-8(7-9)10-5-6-11-13-14-12(18)16(11)15-10/h2-7H,1H3,(H,14,18). The normalized spacial score (nSPS) is 10.7. The topological polar surface area (TPSA) is 55.2 Å². The number of aromatic amines is 1. The van der Waals surface area contributed by atoms with Crippen molar-refractivity contribution in [3.8, 4) is 17.0 Å². The Balaban J connectivity index is 2.18. The van der Waals surface area contributed by atoms with E-state index in [9.17, 15) is 0 Å². The minimum Gasteiger partial charge on any atom is -0.497 e. The van der Waals surface area contributed by atoms with Crippen LogP contribution in [0.2, 0.25) is 0 Å². The van der Waals surface area contributed by atoms with Crippen molar-refractivity contribution in [2.24, 2.45) is 0 Å². The van der Waals surface area contributed by atoms with Gasteiger partial charge in [-0.15, -0.1) is 0 Å². The van der Waals surface area contributed by atoms with E-state index in [1.807, 2.05) is 36.4 Å². The van der Waals surface area contributed by atoms with Gasteiger partial charge < -0.3 is 4.74 Å². The highest BCUT2D eigenvalue weighted by molar-refractivity contribution is 7.71. The van der Waals surface area contributed by atoms with Crippen LogP contribution in [0.3, 0.4) is 0 Å². The Morgan fingerprint density at radius 2 is 2.17 bits per heavy atom. The number of rotatable bonds is 2. The monoisotopic (exact) mass is 258 g/mol. The first-order valence-corrected chi connectivity index (χ1v) is 5.77. The predicted molar refractivity (Wildman–Crippen MR) is 70.2 cm³/mol. The fourth-order valence-electron chi connectivity index (χ4n) is 1.74. The summed E-state index contributed by atoms with van der Waals surface area (Å²) < 4.78 is 7.28. The summed E-state index contributed by atoms with van der Waals surface area (Å²) >= 11 is 5.10. The van der Waals surface area contributed by atoms with Crippen LogP contribution in [0, 0.1) is 4.77 Å². The Morgan fingerprint density at radius 3 is 3.00 bits per heavy atom. The average molecular weight is 258 g/mol. The maximum atomic E-state index is 5.20. The van der Waals surface area contributed by atoms with Gasteiger partial charge >= 0.3 is 0 Å². The molecule has 0 amide bonds. The SMILES string of the molecule is COc1cccc(-c2ccc3n[nH]c(=S)n3n2)c1. The van der Waals surface area contributed by atoms with Crippen LogP contribution in [-0.4, -0.2) is 26.9 Å². The number of H-pyrrole nitrogens is 1. The second kappa shape index (κ2) is 4.23. The van der Waals surface area contributed by atoms with E-state index in [4.69, 9.17) is 17.0 Å². The van der Waals surface area contributed by atoms with Crippen LogP contribution in [0.15, 0.2) is 36.4 Å². The lowest BCUT2D eigenvalue weighted by molar-refractivity contribution is 0.415. The number of nitrogens with one attached hydrogen (secondary N) is 1. The number of aromatic nitrogens is 4. The Kier molecular flexibility index (Phi) is 2.56. The molecule has 0 bridgehead atoms. The van der Waals surface area contributed by atoms with Crippen LogP contribution in [0.25, 0.3) is 16.9 Å². The van der Waals surface area contributed by atoms with Gasteiger partial charge in [-0.3, -0.25) is 0 Å². The maximum absolute atomic E-state index is 5.20. The fourth-order valence-corrected chi connectivity index (χ4v) is 1.92. The molecule has 0 saturated heterocycles. The third kappa shape index (κ3) is 1.76. The van der Waals surface area contributed by atoms with Gasteiger partial charge in [-0.2, -0.15) is 14.7 Å². The molecule has 3 aromatic rings. The Hall–Kier alpha value is -2.21. The summed E-state index contributed by atoms with van der Waals surface area (Å²) in [6, 6.07) is 11.5. The number of hydrogen-bond acceptors (Lipinski definition) is 4. The smallest absolute Gasteiger partial charge is 0.216 e. The van der Waals surface area contributed by atoms with E-state index in [0.717, 1.165) is 17.0 Å². The molecule has 0 unspecified atom stereocenters. The van der Waals surface area contributed by atoms with E-state index in [1.165, 1.54) is 0 Å². The van der Waals surface area contributed by atoms with E-state index in [-0.39, 0.29) is 0 Å². The summed E-state index contributed by atoms with van der Waals surface area (Å²) in [5, 5.41) is 11.2. The van der Waals surface area contributed by atoms with Gasteiger partial charge in [-0.1, -0.05) is 12.1 Å². The molecule has 0 aliphatic heterocycles. The molecule has 5 nitrogen and oxygen atoms in total. The number of benzene rings is 1. The molecule has 6 heteroatoms. The molecule has 1 N–H and O–H groups in total. The molecule has 0 fully saturated rings. The first-order chi connectivity index (χ1) is 8.78. The third-order valence-corrected chi connectivity index (χ3v) is 2.90. The summed E-state index contributed by atoms with van der Waals surface area (Å²) in [6.45, 7) is 0. The molecule has 0 aliphatic rings. The van der Waals surface area contributed by atoms with E-state index >= 15 is 0 Å². The summed E-state index contributed by atoms with van der Waals surface area (Å²) in [5.74, 6) is 0.796. The highest BCUT2D eigenvalue weighted by Gasteiger charge is 2.04. The molecule has 2 aromatic heterocycles. The quantitative estimate of drug-likeness (QED) is 0.717. The summed E-state index contributed by atoms with van der Waals surface area (Å²) in [6.07, 6.45) is 0. The van der Waals surface area contributed by atoms with Gasteiger partial charge in [-0.25, -0.2) is 5.10 Å². The Labute approximate surface area is 108 Å². The summed E-state index contributed by atoms with van der Waals surface area (Å²) in [5.41, 5.74) is 2.49. The highest BCUT2D eigenvalue weighted by atomic mass is 32.1.